The Kier molecular flexibility index (Phi) is 10.8. The molecule has 0 amide bonds. The SMILES string of the molecule is CCc1nncn1CCNC(=NC)NCCCOc1c(C)cccc1C.I. The third-order valence-electron chi connectivity index (χ3n) is 4.15. The first-order valence-electron chi connectivity index (χ1n) is 9.16. The lowest BCUT2D eigenvalue weighted by Crippen LogP contribution is -2.39. The quantitative estimate of drug-likeness (QED) is 0.247. The molecule has 0 aliphatic carbocycles. The number of aromatic nitrogens is 3. The number of aliphatic imine (C=N–C) groups is 1. The van der Waals surface area contributed by atoms with Crippen molar-refractivity contribution in [1.82, 2.24) is 25.4 Å². The predicted molar refractivity (Wildman–Crippen MR) is 120 cm³/mol. The summed E-state index contributed by atoms with van der Waals surface area (Å²) in [5.74, 6) is 2.79. The average Bonchev–Trinajstić information content (AvgIpc) is 3.09. The van der Waals surface area contributed by atoms with E-state index in [0.29, 0.717) is 6.61 Å². The van der Waals surface area contributed by atoms with Crippen LogP contribution in [0.5, 0.6) is 5.75 Å². The van der Waals surface area contributed by atoms with Crippen molar-refractivity contribution in [3.8, 4) is 5.75 Å². The number of rotatable bonds is 9. The van der Waals surface area contributed by atoms with E-state index in [1.807, 2.05) is 0 Å². The Morgan fingerprint density at radius 3 is 2.56 bits per heavy atom. The molecule has 0 bridgehead atoms. The molecule has 0 aliphatic rings. The van der Waals surface area contributed by atoms with Gasteiger partial charge in [0, 0.05) is 33.1 Å². The summed E-state index contributed by atoms with van der Waals surface area (Å²) in [6, 6.07) is 6.20. The van der Waals surface area contributed by atoms with Crippen molar-refractivity contribution in [2.24, 2.45) is 4.99 Å². The molecule has 1 aromatic carbocycles. The van der Waals surface area contributed by atoms with Crippen molar-refractivity contribution in [2.75, 3.05) is 26.7 Å². The topological polar surface area (TPSA) is 76.4 Å². The summed E-state index contributed by atoms with van der Waals surface area (Å²) >= 11 is 0. The van der Waals surface area contributed by atoms with Crippen LogP contribution in [0.2, 0.25) is 0 Å². The number of ether oxygens (including phenoxy) is 1. The van der Waals surface area contributed by atoms with Crippen LogP contribution in [0.25, 0.3) is 0 Å². The molecule has 1 heterocycles. The van der Waals surface area contributed by atoms with Crippen LogP contribution in [-0.2, 0) is 13.0 Å². The lowest BCUT2D eigenvalue weighted by atomic mass is 10.1. The fraction of sp³-hybridized carbons (Fsp3) is 0.526. The second kappa shape index (κ2) is 12.5. The molecular weight excluding hydrogens is 455 g/mol. The number of nitrogens with zero attached hydrogens (tertiary/aromatic N) is 4. The zero-order valence-electron chi connectivity index (χ0n) is 16.7. The minimum Gasteiger partial charge on any atom is -0.493 e. The minimum atomic E-state index is 0. The maximum Gasteiger partial charge on any atom is 0.191 e. The highest BCUT2D eigenvalue weighted by Gasteiger charge is 2.04. The molecule has 150 valence electrons. The zero-order chi connectivity index (χ0) is 18.8. The summed E-state index contributed by atoms with van der Waals surface area (Å²) < 4.78 is 7.98. The first kappa shape index (κ1) is 23.2. The average molecular weight is 486 g/mol. The van der Waals surface area contributed by atoms with E-state index in [2.05, 4.69) is 69.4 Å². The van der Waals surface area contributed by atoms with Gasteiger partial charge in [0.2, 0.25) is 0 Å². The van der Waals surface area contributed by atoms with E-state index < -0.39 is 0 Å². The maximum atomic E-state index is 5.92. The summed E-state index contributed by atoms with van der Waals surface area (Å²) in [7, 11) is 1.78. The van der Waals surface area contributed by atoms with Gasteiger partial charge in [0.1, 0.15) is 17.9 Å². The highest BCUT2D eigenvalue weighted by Crippen LogP contribution is 2.22. The third kappa shape index (κ3) is 7.36. The van der Waals surface area contributed by atoms with Crippen LogP contribution < -0.4 is 15.4 Å². The van der Waals surface area contributed by atoms with Crippen LogP contribution >= 0.6 is 24.0 Å². The highest BCUT2D eigenvalue weighted by atomic mass is 127. The Hall–Kier alpha value is -1.84. The molecule has 0 radical (unpaired) electrons. The van der Waals surface area contributed by atoms with Gasteiger partial charge in [-0.25, -0.2) is 0 Å². The molecule has 0 fully saturated rings. The standard InChI is InChI=1S/C19H30N6O.HI/c1-5-17-24-23-14-25(17)12-11-22-19(20-4)21-10-7-13-26-18-15(2)8-6-9-16(18)3;/h6,8-9,14H,5,7,10-13H2,1-4H3,(H2,20,21,22);1H. The molecule has 2 rings (SSSR count). The van der Waals surface area contributed by atoms with Crippen LogP contribution in [0.1, 0.15) is 30.3 Å². The normalized spacial score (nSPS) is 11.0. The molecule has 0 spiro atoms. The van der Waals surface area contributed by atoms with E-state index in [1.54, 1.807) is 13.4 Å². The van der Waals surface area contributed by atoms with Gasteiger partial charge in [-0.3, -0.25) is 4.99 Å². The van der Waals surface area contributed by atoms with Crippen molar-refractivity contribution < 1.29 is 4.74 Å². The monoisotopic (exact) mass is 486 g/mol. The number of halogens is 1. The van der Waals surface area contributed by atoms with Gasteiger partial charge >= 0.3 is 0 Å². The molecule has 7 nitrogen and oxygen atoms in total. The van der Waals surface area contributed by atoms with E-state index in [9.17, 15) is 0 Å². The van der Waals surface area contributed by atoms with Gasteiger partial charge in [0.25, 0.3) is 0 Å². The number of hydrogen-bond acceptors (Lipinski definition) is 4. The van der Waals surface area contributed by atoms with Gasteiger partial charge in [0.15, 0.2) is 5.96 Å². The van der Waals surface area contributed by atoms with Gasteiger partial charge in [-0.15, -0.1) is 34.2 Å². The Labute approximate surface area is 179 Å². The minimum absolute atomic E-state index is 0. The fourth-order valence-corrected chi connectivity index (χ4v) is 2.73. The van der Waals surface area contributed by atoms with Gasteiger partial charge < -0.3 is 19.9 Å². The summed E-state index contributed by atoms with van der Waals surface area (Å²) in [4.78, 5) is 4.25. The van der Waals surface area contributed by atoms with Crippen LogP contribution in [0, 0.1) is 13.8 Å². The van der Waals surface area contributed by atoms with E-state index in [0.717, 1.165) is 50.0 Å². The second-order valence-electron chi connectivity index (χ2n) is 6.14. The molecule has 8 heteroatoms. The van der Waals surface area contributed by atoms with Crippen molar-refractivity contribution >= 4 is 29.9 Å². The summed E-state index contributed by atoms with van der Waals surface area (Å²) in [6.45, 7) is 9.29. The molecule has 0 saturated heterocycles. The lowest BCUT2D eigenvalue weighted by Gasteiger charge is -2.14. The van der Waals surface area contributed by atoms with Crippen LogP contribution in [0.4, 0.5) is 0 Å². The lowest BCUT2D eigenvalue weighted by molar-refractivity contribution is 0.307. The molecule has 2 aromatic rings. The summed E-state index contributed by atoms with van der Waals surface area (Å²) in [6.07, 6.45) is 3.55. The van der Waals surface area contributed by atoms with Crippen molar-refractivity contribution in [1.29, 1.82) is 0 Å². The molecule has 0 aliphatic heterocycles. The second-order valence-corrected chi connectivity index (χ2v) is 6.14. The van der Waals surface area contributed by atoms with E-state index >= 15 is 0 Å². The zero-order valence-corrected chi connectivity index (χ0v) is 19.0. The Morgan fingerprint density at radius 1 is 1.19 bits per heavy atom. The first-order valence-corrected chi connectivity index (χ1v) is 9.16. The molecule has 0 unspecified atom stereocenters. The van der Waals surface area contributed by atoms with E-state index in [4.69, 9.17) is 4.74 Å². The van der Waals surface area contributed by atoms with Gasteiger partial charge in [-0.2, -0.15) is 0 Å². The number of benzene rings is 1. The van der Waals surface area contributed by atoms with Crippen molar-refractivity contribution in [3.05, 3.63) is 41.5 Å². The molecule has 27 heavy (non-hydrogen) atoms. The van der Waals surface area contributed by atoms with Crippen molar-refractivity contribution in [3.63, 3.8) is 0 Å². The van der Waals surface area contributed by atoms with Crippen LogP contribution in [0.15, 0.2) is 29.5 Å². The van der Waals surface area contributed by atoms with E-state index in [1.165, 1.54) is 11.1 Å². The maximum absolute atomic E-state index is 5.92. The van der Waals surface area contributed by atoms with Crippen LogP contribution in [-0.4, -0.2) is 47.5 Å². The van der Waals surface area contributed by atoms with Gasteiger partial charge in [-0.1, -0.05) is 25.1 Å². The Balaban J connectivity index is 0.00000364. The first-order chi connectivity index (χ1) is 12.7. The number of aryl methyl sites for hydroxylation is 3. The largest absolute Gasteiger partial charge is 0.493 e. The molecule has 0 atom stereocenters. The summed E-state index contributed by atoms with van der Waals surface area (Å²) in [5, 5.41) is 14.6. The Bertz CT molecular complexity index is 696. The molecular formula is C19H31IN6O. The number of guanidine groups is 1. The number of para-hydroxylation sites is 1. The van der Waals surface area contributed by atoms with E-state index in [-0.39, 0.29) is 24.0 Å². The summed E-state index contributed by atoms with van der Waals surface area (Å²) in [5.41, 5.74) is 2.35. The van der Waals surface area contributed by atoms with Crippen molar-refractivity contribution in [2.45, 2.75) is 40.2 Å². The molecule has 1 aromatic heterocycles. The smallest absolute Gasteiger partial charge is 0.191 e. The predicted octanol–water partition coefficient (Wildman–Crippen LogP) is 2.71. The van der Waals surface area contributed by atoms with Gasteiger partial charge in [-0.05, 0) is 31.4 Å². The third-order valence-corrected chi connectivity index (χ3v) is 4.15. The molecule has 2 N–H and O–H groups in total. The Morgan fingerprint density at radius 2 is 1.89 bits per heavy atom. The number of nitrogens with one attached hydrogen (secondary N) is 2. The molecule has 0 saturated carbocycles. The van der Waals surface area contributed by atoms with Gasteiger partial charge in [0.05, 0.1) is 6.61 Å². The van der Waals surface area contributed by atoms with Crippen LogP contribution in [0.3, 0.4) is 0 Å². The number of hydrogen-bond donors (Lipinski definition) is 2. The highest BCUT2D eigenvalue weighted by molar-refractivity contribution is 14.0. The fourth-order valence-electron chi connectivity index (χ4n) is 2.73.